The van der Waals surface area contributed by atoms with E-state index in [4.69, 9.17) is 16.0 Å². The van der Waals surface area contributed by atoms with Crippen LogP contribution in [0.25, 0.3) is 11.0 Å². The maximum atomic E-state index is 12.0. The van der Waals surface area contributed by atoms with Crippen molar-refractivity contribution in [2.45, 2.75) is 26.3 Å². The molecule has 30 heavy (non-hydrogen) atoms. The normalized spacial score (nSPS) is 18.7. The number of halogens is 3. The minimum absolute atomic E-state index is 0. The molecule has 1 aromatic heterocycles. The lowest BCUT2D eigenvalue weighted by Gasteiger charge is -2.29. The molecule has 1 saturated heterocycles. The highest BCUT2D eigenvalue weighted by Gasteiger charge is 2.25. The second-order valence-electron chi connectivity index (χ2n) is 8.04. The molecular weight excluding hydrogens is 443 g/mol. The zero-order chi connectivity index (χ0) is 19.7. The fraction of sp³-hybridized carbons (Fsp3) is 0.348. The summed E-state index contributed by atoms with van der Waals surface area (Å²) in [6.45, 7) is 9.47. The molecule has 0 unspecified atom stereocenters. The molecule has 1 aliphatic rings. The second kappa shape index (κ2) is 10.7. The van der Waals surface area contributed by atoms with E-state index in [1.807, 2.05) is 18.2 Å². The van der Waals surface area contributed by atoms with Crippen LogP contribution in [-0.4, -0.2) is 26.2 Å². The number of hydrogen-bond acceptors (Lipinski definition) is 2. The number of rotatable bonds is 4. The first-order valence-electron chi connectivity index (χ1n) is 10.0. The zero-order valence-electron chi connectivity index (χ0n) is 17.2. The van der Waals surface area contributed by atoms with Gasteiger partial charge in [-0.05, 0) is 35.7 Å². The molecule has 3 aromatic rings. The SMILES string of the molecule is CC(C)c1ccc2oc(=O)cc(C[NH+]3CC[NH+](c4cccc(Cl)c4)CC3)c2c1.[Cl-].[Cl-]. The predicted molar refractivity (Wildman–Crippen MR) is 113 cm³/mol. The van der Waals surface area contributed by atoms with Crippen LogP contribution in [0.2, 0.25) is 5.02 Å². The van der Waals surface area contributed by atoms with E-state index in [0.29, 0.717) is 11.5 Å². The van der Waals surface area contributed by atoms with Gasteiger partial charge in [-0.1, -0.05) is 37.6 Å². The van der Waals surface area contributed by atoms with Gasteiger partial charge in [0.1, 0.15) is 44.0 Å². The molecule has 0 radical (unpaired) electrons. The molecule has 1 fully saturated rings. The van der Waals surface area contributed by atoms with Crippen molar-refractivity contribution >= 4 is 28.3 Å². The molecule has 0 atom stereocenters. The highest BCUT2D eigenvalue weighted by molar-refractivity contribution is 6.30. The van der Waals surface area contributed by atoms with Gasteiger partial charge in [0.05, 0.1) is 0 Å². The van der Waals surface area contributed by atoms with Crippen LogP contribution in [0.4, 0.5) is 5.69 Å². The van der Waals surface area contributed by atoms with E-state index in [1.54, 1.807) is 6.07 Å². The first kappa shape index (κ1) is 24.7. The maximum absolute atomic E-state index is 12.0. The van der Waals surface area contributed by atoms with Gasteiger partial charge in [0.15, 0.2) is 0 Å². The average Bonchev–Trinajstić information content (AvgIpc) is 2.68. The molecule has 0 spiro atoms. The van der Waals surface area contributed by atoms with Gasteiger partial charge in [0.2, 0.25) is 0 Å². The van der Waals surface area contributed by atoms with Crippen molar-refractivity contribution in [1.82, 2.24) is 0 Å². The predicted octanol–water partition coefficient (Wildman–Crippen LogP) is -3.81. The first-order valence-corrected chi connectivity index (χ1v) is 10.4. The van der Waals surface area contributed by atoms with Crippen molar-refractivity contribution in [3.05, 3.63) is 75.1 Å². The van der Waals surface area contributed by atoms with E-state index in [2.05, 4.69) is 38.1 Å². The Kier molecular flexibility index (Phi) is 8.77. The third kappa shape index (κ3) is 5.57. The summed E-state index contributed by atoms with van der Waals surface area (Å²) in [5.41, 5.74) is 4.05. The van der Waals surface area contributed by atoms with Gasteiger partial charge in [-0.2, -0.15) is 0 Å². The molecule has 2 aromatic carbocycles. The fourth-order valence-electron chi connectivity index (χ4n) is 4.10. The summed E-state index contributed by atoms with van der Waals surface area (Å²) < 4.78 is 5.43. The summed E-state index contributed by atoms with van der Waals surface area (Å²) in [5, 5.41) is 1.87. The summed E-state index contributed by atoms with van der Waals surface area (Å²) in [4.78, 5) is 15.0. The Morgan fingerprint density at radius 2 is 1.73 bits per heavy atom. The van der Waals surface area contributed by atoms with Gasteiger partial charge in [0.25, 0.3) is 0 Å². The van der Waals surface area contributed by atoms with Crippen LogP contribution in [0.3, 0.4) is 0 Å². The molecule has 4 rings (SSSR count). The Morgan fingerprint density at radius 3 is 2.40 bits per heavy atom. The smallest absolute Gasteiger partial charge is 0.336 e. The van der Waals surface area contributed by atoms with Crippen molar-refractivity contribution in [2.75, 3.05) is 26.2 Å². The first-order chi connectivity index (χ1) is 13.5. The minimum atomic E-state index is -0.262. The number of hydrogen-bond donors (Lipinski definition) is 2. The van der Waals surface area contributed by atoms with E-state index in [0.717, 1.165) is 48.7 Å². The van der Waals surface area contributed by atoms with Crippen LogP contribution in [0.15, 0.2) is 57.7 Å². The van der Waals surface area contributed by atoms with E-state index < -0.39 is 0 Å². The highest BCUT2D eigenvalue weighted by atomic mass is 35.5. The van der Waals surface area contributed by atoms with Crippen molar-refractivity contribution < 1.29 is 39.0 Å². The second-order valence-corrected chi connectivity index (χ2v) is 8.48. The summed E-state index contributed by atoms with van der Waals surface area (Å²) in [6.07, 6.45) is 0. The highest BCUT2D eigenvalue weighted by Crippen LogP contribution is 2.23. The molecule has 1 aliphatic heterocycles. The zero-order valence-corrected chi connectivity index (χ0v) is 19.4. The summed E-state index contributed by atoms with van der Waals surface area (Å²) >= 11 is 6.15. The molecule has 0 aliphatic carbocycles. The molecule has 2 N–H and O–H groups in total. The van der Waals surface area contributed by atoms with Crippen LogP contribution in [0.5, 0.6) is 0 Å². The number of nitrogens with one attached hydrogen (secondary N) is 2. The standard InChI is InChI=1S/C23H25ClN2O2.2ClH/c1-16(2)17-6-7-22-21(12-17)18(13-23(27)28-22)15-25-8-10-26(11-9-25)20-5-3-4-19(24)14-20;;/h3-7,12-14,16H,8-11,15H2,1-2H3;2*1H. The van der Waals surface area contributed by atoms with Gasteiger partial charge in [-0.25, -0.2) is 4.79 Å². The maximum Gasteiger partial charge on any atom is 0.336 e. The van der Waals surface area contributed by atoms with Crippen molar-refractivity contribution in [2.24, 2.45) is 0 Å². The van der Waals surface area contributed by atoms with Crippen LogP contribution in [-0.2, 0) is 6.54 Å². The summed E-state index contributed by atoms with van der Waals surface area (Å²) in [7, 11) is 0. The molecule has 7 heteroatoms. The van der Waals surface area contributed by atoms with Crippen molar-refractivity contribution in [3.8, 4) is 0 Å². The lowest BCUT2D eigenvalue weighted by Crippen LogP contribution is -3.25. The summed E-state index contributed by atoms with van der Waals surface area (Å²) in [6, 6.07) is 16.0. The molecule has 0 amide bonds. The van der Waals surface area contributed by atoms with E-state index >= 15 is 0 Å². The van der Waals surface area contributed by atoms with Crippen LogP contribution < -0.4 is 40.2 Å². The molecule has 2 heterocycles. The van der Waals surface area contributed by atoms with E-state index in [1.165, 1.54) is 21.1 Å². The largest absolute Gasteiger partial charge is 1.00 e. The Bertz CT molecular complexity index is 1040. The van der Waals surface area contributed by atoms with E-state index in [9.17, 15) is 4.79 Å². The topological polar surface area (TPSA) is 39.1 Å². The molecule has 162 valence electrons. The average molecular weight is 470 g/mol. The van der Waals surface area contributed by atoms with Crippen LogP contribution in [0, 0.1) is 0 Å². The molecule has 0 bridgehead atoms. The van der Waals surface area contributed by atoms with Gasteiger partial charge in [0, 0.05) is 28.1 Å². The molecular formula is C23H27Cl3N2O2. The third-order valence-electron chi connectivity index (χ3n) is 5.75. The molecule has 0 saturated carbocycles. The summed E-state index contributed by atoms with van der Waals surface area (Å²) in [5.74, 6) is 0.446. The van der Waals surface area contributed by atoms with Gasteiger partial charge in [-0.15, -0.1) is 0 Å². The number of quaternary nitrogens is 2. The van der Waals surface area contributed by atoms with Crippen LogP contribution in [0.1, 0.15) is 30.9 Å². The Labute approximate surface area is 194 Å². The van der Waals surface area contributed by atoms with E-state index in [-0.39, 0.29) is 30.4 Å². The Morgan fingerprint density at radius 1 is 1.00 bits per heavy atom. The Hall–Kier alpha value is -1.56. The van der Waals surface area contributed by atoms with Crippen LogP contribution >= 0.6 is 11.6 Å². The third-order valence-corrected chi connectivity index (χ3v) is 5.99. The number of fused-ring (bicyclic) bond motifs is 1. The Balaban J connectivity index is 0.00000160. The van der Waals surface area contributed by atoms with Gasteiger partial charge < -0.3 is 34.1 Å². The van der Waals surface area contributed by atoms with Gasteiger partial charge in [-0.3, -0.25) is 4.90 Å². The molecule has 4 nitrogen and oxygen atoms in total. The lowest BCUT2D eigenvalue weighted by molar-refractivity contribution is -0.994. The lowest BCUT2D eigenvalue weighted by atomic mass is 9.99. The van der Waals surface area contributed by atoms with Gasteiger partial charge >= 0.3 is 5.63 Å². The quantitative estimate of drug-likeness (QED) is 0.385. The van der Waals surface area contributed by atoms with Crippen molar-refractivity contribution in [3.63, 3.8) is 0 Å². The van der Waals surface area contributed by atoms with Crippen molar-refractivity contribution in [1.29, 1.82) is 0 Å². The fourth-order valence-corrected chi connectivity index (χ4v) is 4.29. The number of piperazine rings is 1. The minimum Gasteiger partial charge on any atom is -1.00 e. The monoisotopic (exact) mass is 468 g/mol. The number of benzene rings is 2.